The Morgan fingerprint density at radius 1 is 1.38 bits per heavy atom. The first kappa shape index (κ1) is 8.54. The van der Waals surface area contributed by atoms with Crippen molar-refractivity contribution >= 4 is 5.69 Å². The van der Waals surface area contributed by atoms with E-state index in [4.69, 9.17) is 0 Å². The van der Waals surface area contributed by atoms with E-state index in [1.807, 2.05) is 6.92 Å². The predicted octanol–water partition coefficient (Wildman–Crippen LogP) is 2.84. The van der Waals surface area contributed by atoms with E-state index in [-0.39, 0.29) is 11.2 Å². The second kappa shape index (κ2) is 2.47. The van der Waals surface area contributed by atoms with Crippen molar-refractivity contribution in [3.8, 4) is 0 Å². The van der Waals surface area contributed by atoms with Crippen LogP contribution < -0.4 is 5.32 Å². The third kappa shape index (κ3) is 1.21. The van der Waals surface area contributed by atoms with Gasteiger partial charge in [-0.15, -0.1) is 0 Å². The molecule has 0 bridgehead atoms. The van der Waals surface area contributed by atoms with Gasteiger partial charge in [-0.3, -0.25) is 0 Å². The Labute approximate surface area is 78.0 Å². The molecule has 0 aliphatic carbocycles. The molecule has 1 aliphatic rings. The summed E-state index contributed by atoms with van der Waals surface area (Å²) in [7, 11) is 0. The van der Waals surface area contributed by atoms with Crippen molar-refractivity contribution in [3.63, 3.8) is 0 Å². The summed E-state index contributed by atoms with van der Waals surface area (Å²) in [6.07, 6.45) is 0. The van der Waals surface area contributed by atoms with Gasteiger partial charge in [0.15, 0.2) is 0 Å². The number of halogens is 1. The molecule has 1 nitrogen and oxygen atoms in total. The first-order valence-electron chi connectivity index (χ1n) is 4.55. The number of aryl methyl sites for hydroxylation is 1. The van der Waals surface area contributed by atoms with Crippen LogP contribution in [0.3, 0.4) is 0 Å². The quantitative estimate of drug-likeness (QED) is 0.645. The lowest BCUT2D eigenvalue weighted by Gasteiger charge is -2.19. The number of hydrogen-bond donors (Lipinski definition) is 1. The Morgan fingerprint density at radius 3 is 2.77 bits per heavy atom. The fraction of sp³-hybridized carbons (Fsp3) is 0.455. The monoisotopic (exact) mass is 179 g/mol. The summed E-state index contributed by atoms with van der Waals surface area (Å²) < 4.78 is 13.0. The molecule has 1 aromatic rings. The van der Waals surface area contributed by atoms with Gasteiger partial charge in [0.25, 0.3) is 0 Å². The highest BCUT2D eigenvalue weighted by atomic mass is 19.1. The summed E-state index contributed by atoms with van der Waals surface area (Å²) in [4.78, 5) is 0. The van der Waals surface area contributed by atoms with Crippen LogP contribution in [-0.2, 0) is 5.41 Å². The van der Waals surface area contributed by atoms with Crippen LogP contribution in [0.2, 0.25) is 0 Å². The van der Waals surface area contributed by atoms with Gasteiger partial charge in [0.2, 0.25) is 0 Å². The van der Waals surface area contributed by atoms with Crippen molar-refractivity contribution in [2.24, 2.45) is 0 Å². The molecule has 2 heteroatoms. The normalized spacial score (nSPS) is 18.2. The molecule has 1 heterocycles. The van der Waals surface area contributed by atoms with Crippen LogP contribution in [0.5, 0.6) is 0 Å². The highest BCUT2D eigenvalue weighted by Gasteiger charge is 2.31. The zero-order valence-corrected chi connectivity index (χ0v) is 8.24. The SMILES string of the molecule is Cc1cc(F)cc2c1C(C)(C)CN2. The molecule has 0 spiro atoms. The van der Waals surface area contributed by atoms with Crippen LogP contribution >= 0.6 is 0 Å². The average molecular weight is 179 g/mol. The molecule has 1 aromatic carbocycles. The predicted molar refractivity (Wildman–Crippen MR) is 52.7 cm³/mol. The van der Waals surface area contributed by atoms with Gasteiger partial charge in [-0.2, -0.15) is 0 Å². The van der Waals surface area contributed by atoms with Gasteiger partial charge in [0.05, 0.1) is 0 Å². The molecule has 0 unspecified atom stereocenters. The van der Waals surface area contributed by atoms with E-state index in [0.29, 0.717) is 0 Å². The molecule has 0 amide bonds. The Bertz CT molecular complexity index is 355. The summed E-state index contributed by atoms with van der Waals surface area (Å²) in [6, 6.07) is 3.19. The van der Waals surface area contributed by atoms with Crippen molar-refractivity contribution in [3.05, 3.63) is 29.1 Å². The van der Waals surface area contributed by atoms with Crippen molar-refractivity contribution < 1.29 is 4.39 Å². The zero-order valence-electron chi connectivity index (χ0n) is 8.24. The van der Waals surface area contributed by atoms with Crippen molar-refractivity contribution in [2.45, 2.75) is 26.2 Å². The second-order valence-electron chi connectivity index (χ2n) is 4.38. The number of nitrogens with one attached hydrogen (secondary N) is 1. The van der Waals surface area contributed by atoms with Gasteiger partial charge >= 0.3 is 0 Å². The Hall–Kier alpha value is -1.05. The molecule has 13 heavy (non-hydrogen) atoms. The van der Waals surface area contributed by atoms with Gasteiger partial charge in [-0.25, -0.2) is 4.39 Å². The van der Waals surface area contributed by atoms with Crippen LogP contribution in [0.15, 0.2) is 12.1 Å². The standard InChI is InChI=1S/C11H14FN/c1-7-4-8(12)5-9-10(7)11(2,3)6-13-9/h4-5,13H,6H2,1-3H3. The largest absolute Gasteiger partial charge is 0.384 e. The molecule has 0 saturated heterocycles. The number of fused-ring (bicyclic) bond motifs is 1. The zero-order chi connectivity index (χ0) is 9.64. The maximum atomic E-state index is 13.0. The summed E-state index contributed by atoms with van der Waals surface area (Å²) in [5, 5.41) is 3.23. The van der Waals surface area contributed by atoms with E-state index in [1.54, 1.807) is 12.1 Å². The van der Waals surface area contributed by atoms with Crippen LogP contribution in [0.25, 0.3) is 0 Å². The first-order chi connectivity index (χ1) is 6.00. The minimum Gasteiger partial charge on any atom is -0.384 e. The third-order valence-corrected chi connectivity index (χ3v) is 2.70. The van der Waals surface area contributed by atoms with Crippen molar-refractivity contribution in [2.75, 3.05) is 11.9 Å². The summed E-state index contributed by atoms with van der Waals surface area (Å²) >= 11 is 0. The first-order valence-corrected chi connectivity index (χ1v) is 4.55. The molecular weight excluding hydrogens is 165 g/mol. The molecule has 0 atom stereocenters. The summed E-state index contributed by atoms with van der Waals surface area (Å²) in [5.74, 6) is -0.151. The maximum absolute atomic E-state index is 13.0. The molecule has 0 saturated carbocycles. The molecule has 0 radical (unpaired) electrons. The van der Waals surface area contributed by atoms with Gasteiger partial charge in [-0.05, 0) is 30.2 Å². The molecule has 2 rings (SSSR count). The van der Waals surface area contributed by atoms with E-state index in [1.165, 1.54) is 5.56 Å². The lowest BCUT2D eigenvalue weighted by Crippen LogP contribution is -2.19. The molecule has 70 valence electrons. The minimum atomic E-state index is -0.151. The van der Waals surface area contributed by atoms with E-state index < -0.39 is 0 Å². The summed E-state index contributed by atoms with van der Waals surface area (Å²) in [5.41, 5.74) is 3.40. The van der Waals surface area contributed by atoms with Crippen LogP contribution in [-0.4, -0.2) is 6.54 Å². The lowest BCUT2D eigenvalue weighted by atomic mass is 9.84. The number of anilines is 1. The molecule has 0 fully saturated rings. The van der Waals surface area contributed by atoms with Crippen LogP contribution in [0, 0.1) is 12.7 Å². The molecule has 0 aromatic heterocycles. The third-order valence-electron chi connectivity index (χ3n) is 2.70. The van der Waals surface area contributed by atoms with Gasteiger partial charge in [0.1, 0.15) is 5.82 Å². The molecular formula is C11H14FN. The Morgan fingerprint density at radius 2 is 2.08 bits per heavy atom. The minimum absolute atomic E-state index is 0.132. The highest BCUT2D eigenvalue weighted by Crippen LogP contribution is 2.38. The van der Waals surface area contributed by atoms with Gasteiger partial charge < -0.3 is 5.32 Å². The van der Waals surface area contributed by atoms with Crippen molar-refractivity contribution in [1.82, 2.24) is 0 Å². The van der Waals surface area contributed by atoms with Crippen LogP contribution in [0.4, 0.5) is 10.1 Å². The fourth-order valence-electron chi connectivity index (χ4n) is 2.19. The van der Waals surface area contributed by atoms with Gasteiger partial charge in [-0.1, -0.05) is 13.8 Å². The van der Waals surface area contributed by atoms with Crippen molar-refractivity contribution in [1.29, 1.82) is 0 Å². The smallest absolute Gasteiger partial charge is 0.125 e. The average Bonchev–Trinajstić information content (AvgIpc) is 2.26. The number of benzene rings is 1. The number of hydrogen-bond acceptors (Lipinski definition) is 1. The van der Waals surface area contributed by atoms with E-state index in [0.717, 1.165) is 17.8 Å². The number of rotatable bonds is 0. The Balaban J connectivity index is 2.65. The van der Waals surface area contributed by atoms with E-state index >= 15 is 0 Å². The lowest BCUT2D eigenvalue weighted by molar-refractivity contribution is 0.580. The fourth-order valence-corrected chi connectivity index (χ4v) is 2.19. The topological polar surface area (TPSA) is 12.0 Å². The van der Waals surface area contributed by atoms with Crippen LogP contribution in [0.1, 0.15) is 25.0 Å². The Kier molecular flexibility index (Phi) is 1.62. The highest BCUT2D eigenvalue weighted by molar-refractivity contribution is 5.62. The maximum Gasteiger partial charge on any atom is 0.125 e. The summed E-state index contributed by atoms with van der Waals surface area (Å²) in [6.45, 7) is 7.22. The molecule has 1 N–H and O–H groups in total. The van der Waals surface area contributed by atoms with Gasteiger partial charge in [0, 0.05) is 17.6 Å². The molecule has 1 aliphatic heterocycles. The van der Waals surface area contributed by atoms with E-state index in [2.05, 4.69) is 19.2 Å². The second-order valence-corrected chi connectivity index (χ2v) is 4.38. The van der Waals surface area contributed by atoms with E-state index in [9.17, 15) is 4.39 Å².